The normalized spacial score (nSPS) is 20.1. The Hall–Kier alpha value is -1.44. The van der Waals surface area contributed by atoms with Crippen LogP contribution in [0, 0.1) is 6.92 Å². The largest absolute Gasteiger partial charge is 0.478 e. The average molecular weight is 312 g/mol. The minimum absolute atomic E-state index is 0.0115. The zero-order valence-electron chi connectivity index (χ0n) is 12.4. The summed E-state index contributed by atoms with van der Waals surface area (Å²) in [6, 6.07) is 4.40. The molecule has 1 saturated heterocycles. The smallest absolute Gasteiger partial charge is 0.335 e. The van der Waals surface area contributed by atoms with Gasteiger partial charge in [0.25, 0.3) is 0 Å². The molecule has 6 nitrogen and oxygen atoms in total. The third-order valence-corrected chi connectivity index (χ3v) is 5.92. The number of hydrogen-bond donors (Lipinski definition) is 1. The second kappa shape index (κ2) is 5.75. The second-order valence-corrected chi connectivity index (χ2v) is 7.46. The molecule has 1 N–H and O–H groups in total. The van der Waals surface area contributed by atoms with Crippen LogP contribution in [0.3, 0.4) is 0 Å². The third kappa shape index (κ3) is 3.09. The minimum Gasteiger partial charge on any atom is -0.478 e. The number of benzene rings is 1. The van der Waals surface area contributed by atoms with Gasteiger partial charge in [-0.15, -0.1) is 0 Å². The highest BCUT2D eigenvalue weighted by Gasteiger charge is 2.34. The molecule has 1 fully saturated rings. The van der Waals surface area contributed by atoms with Gasteiger partial charge in [-0.3, -0.25) is 0 Å². The summed E-state index contributed by atoms with van der Waals surface area (Å²) in [6.45, 7) is 2.58. The fourth-order valence-electron chi connectivity index (χ4n) is 2.50. The van der Waals surface area contributed by atoms with E-state index in [9.17, 15) is 13.2 Å². The highest BCUT2D eigenvalue weighted by Crippen LogP contribution is 2.25. The van der Waals surface area contributed by atoms with Crippen molar-refractivity contribution < 1.29 is 18.3 Å². The first kappa shape index (κ1) is 15.9. The average Bonchev–Trinajstić information content (AvgIpc) is 2.89. The van der Waals surface area contributed by atoms with Gasteiger partial charge >= 0.3 is 5.97 Å². The minimum atomic E-state index is -3.65. The maximum absolute atomic E-state index is 12.7. The van der Waals surface area contributed by atoms with Crippen molar-refractivity contribution >= 4 is 16.0 Å². The van der Waals surface area contributed by atoms with E-state index in [2.05, 4.69) is 0 Å². The van der Waals surface area contributed by atoms with Gasteiger partial charge in [-0.05, 0) is 45.1 Å². The molecular formula is C14H20N2O4S. The predicted molar refractivity (Wildman–Crippen MR) is 79.0 cm³/mol. The standard InChI is InChI=1S/C14H20N2O4S/c1-10-4-5-11(14(17)18)8-13(10)21(19,20)16-7-6-12(9-16)15(2)3/h4-5,8,12H,6-7,9H2,1-3H3,(H,17,18). The van der Waals surface area contributed by atoms with Gasteiger partial charge in [-0.25, -0.2) is 13.2 Å². The molecule has 0 saturated carbocycles. The summed E-state index contributed by atoms with van der Waals surface area (Å²) in [6.07, 6.45) is 0.782. The first-order chi connectivity index (χ1) is 9.73. The van der Waals surface area contributed by atoms with E-state index in [1.807, 2.05) is 19.0 Å². The lowest BCUT2D eigenvalue weighted by Crippen LogP contribution is -2.34. The Labute approximate surface area is 125 Å². The quantitative estimate of drug-likeness (QED) is 0.898. The molecule has 1 aliphatic heterocycles. The van der Waals surface area contributed by atoms with Gasteiger partial charge in [0.2, 0.25) is 10.0 Å². The van der Waals surface area contributed by atoms with Crippen molar-refractivity contribution in [3.63, 3.8) is 0 Å². The van der Waals surface area contributed by atoms with Crippen LogP contribution < -0.4 is 0 Å². The van der Waals surface area contributed by atoms with Crippen LogP contribution in [0.15, 0.2) is 23.1 Å². The molecule has 1 unspecified atom stereocenters. The number of carboxylic acid groups (broad SMARTS) is 1. The lowest BCUT2D eigenvalue weighted by atomic mass is 10.1. The Kier molecular flexibility index (Phi) is 4.36. The van der Waals surface area contributed by atoms with E-state index < -0.39 is 16.0 Å². The van der Waals surface area contributed by atoms with Crippen molar-refractivity contribution in [2.45, 2.75) is 24.3 Å². The molecular weight excluding hydrogens is 292 g/mol. The number of carbonyl (C=O) groups is 1. The Morgan fingerprint density at radius 3 is 2.57 bits per heavy atom. The van der Waals surface area contributed by atoms with Crippen molar-refractivity contribution in [2.75, 3.05) is 27.2 Å². The number of sulfonamides is 1. The number of likely N-dealkylation sites (N-methyl/N-ethyl adjacent to an activating group) is 1. The fraction of sp³-hybridized carbons (Fsp3) is 0.500. The molecule has 1 aromatic rings. The number of carboxylic acids is 1. The lowest BCUT2D eigenvalue weighted by molar-refractivity contribution is 0.0696. The van der Waals surface area contributed by atoms with Crippen LogP contribution in [-0.2, 0) is 10.0 Å². The first-order valence-electron chi connectivity index (χ1n) is 6.74. The molecule has 0 bridgehead atoms. The van der Waals surface area contributed by atoms with Gasteiger partial charge in [-0.2, -0.15) is 4.31 Å². The van der Waals surface area contributed by atoms with E-state index in [0.29, 0.717) is 18.7 Å². The molecule has 0 spiro atoms. The summed E-state index contributed by atoms with van der Waals surface area (Å²) in [5.74, 6) is -1.13. The van der Waals surface area contributed by atoms with E-state index in [1.54, 1.807) is 6.92 Å². The van der Waals surface area contributed by atoms with Crippen molar-refractivity contribution in [3.8, 4) is 0 Å². The molecule has 0 aromatic heterocycles. The summed E-state index contributed by atoms with van der Waals surface area (Å²) in [5, 5.41) is 9.03. The second-order valence-electron chi connectivity index (χ2n) is 5.55. The Morgan fingerprint density at radius 1 is 1.38 bits per heavy atom. The van der Waals surface area contributed by atoms with Gasteiger partial charge in [0.1, 0.15) is 0 Å². The Balaban J connectivity index is 2.36. The summed E-state index contributed by atoms with van der Waals surface area (Å²) < 4.78 is 26.9. The molecule has 21 heavy (non-hydrogen) atoms. The summed E-state index contributed by atoms with van der Waals surface area (Å²) in [4.78, 5) is 13.1. The van der Waals surface area contributed by atoms with Crippen LogP contribution in [0.4, 0.5) is 0 Å². The number of nitrogens with zero attached hydrogens (tertiary/aromatic N) is 2. The maximum Gasteiger partial charge on any atom is 0.335 e. The molecule has 0 radical (unpaired) electrons. The summed E-state index contributed by atoms with van der Waals surface area (Å²) in [5.41, 5.74) is 0.552. The maximum atomic E-state index is 12.7. The third-order valence-electron chi connectivity index (χ3n) is 3.91. The first-order valence-corrected chi connectivity index (χ1v) is 8.18. The number of aryl methyl sites for hydroxylation is 1. The van der Waals surface area contributed by atoms with Crippen LogP contribution >= 0.6 is 0 Å². The Morgan fingerprint density at radius 2 is 2.05 bits per heavy atom. The summed E-state index contributed by atoms with van der Waals surface area (Å²) in [7, 11) is 0.207. The van der Waals surface area contributed by atoms with Crippen LogP contribution in [0.5, 0.6) is 0 Å². The van der Waals surface area contributed by atoms with Crippen molar-refractivity contribution in [3.05, 3.63) is 29.3 Å². The van der Waals surface area contributed by atoms with Crippen LogP contribution in [-0.4, -0.2) is 61.9 Å². The van der Waals surface area contributed by atoms with E-state index in [1.165, 1.54) is 22.5 Å². The van der Waals surface area contributed by atoms with Crippen molar-refractivity contribution in [1.82, 2.24) is 9.21 Å². The number of rotatable bonds is 4. The zero-order valence-corrected chi connectivity index (χ0v) is 13.2. The van der Waals surface area contributed by atoms with E-state index in [0.717, 1.165) is 6.42 Å². The van der Waals surface area contributed by atoms with Crippen molar-refractivity contribution in [1.29, 1.82) is 0 Å². The van der Waals surface area contributed by atoms with Crippen molar-refractivity contribution in [2.24, 2.45) is 0 Å². The highest BCUT2D eigenvalue weighted by molar-refractivity contribution is 7.89. The van der Waals surface area contributed by atoms with Gasteiger partial charge in [0, 0.05) is 19.1 Å². The Bertz CT molecular complexity index is 655. The topological polar surface area (TPSA) is 77.9 Å². The predicted octanol–water partition coefficient (Wildman–Crippen LogP) is 1.02. The molecule has 7 heteroatoms. The van der Waals surface area contributed by atoms with Gasteiger partial charge in [-0.1, -0.05) is 6.07 Å². The summed E-state index contributed by atoms with van der Waals surface area (Å²) >= 11 is 0. The van der Waals surface area contributed by atoms with Gasteiger partial charge < -0.3 is 10.0 Å². The molecule has 116 valence electrons. The lowest BCUT2D eigenvalue weighted by Gasteiger charge is -2.21. The SMILES string of the molecule is Cc1ccc(C(=O)O)cc1S(=O)(=O)N1CCC(N(C)C)C1. The molecule has 1 atom stereocenters. The molecule has 1 heterocycles. The molecule has 1 aromatic carbocycles. The highest BCUT2D eigenvalue weighted by atomic mass is 32.2. The number of aromatic carboxylic acids is 1. The van der Waals surface area contributed by atoms with Gasteiger partial charge in [0.15, 0.2) is 0 Å². The molecule has 0 amide bonds. The van der Waals surface area contributed by atoms with Crippen LogP contribution in [0.25, 0.3) is 0 Å². The molecule has 2 rings (SSSR count). The van der Waals surface area contributed by atoms with E-state index in [4.69, 9.17) is 5.11 Å². The van der Waals surface area contributed by atoms with Crippen LogP contribution in [0.1, 0.15) is 22.3 Å². The van der Waals surface area contributed by atoms with E-state index >= 15 is 0 Å². The molecule has 0 aliphatic carbocycles. The van der Waals surface area contributed by atoms with Gasteiger partial charge in [0.05, 0.1) is 10.5 Å². The monoisotopic (exact) mass is 312 g/mol. The van der Waals surface area contributed by atoms with Crippen LogP contribution in [0.2, 0.25) is 0 Å². The fourth-order valence-corrected chi connectivity index (χ4v) is 4.24. The molecule has 1 aliphatic rings. The van der Waals surface area contributed by atoms with E-state index in [-0.39, 0.29) is 16.5 Å². The number of hydrogen-bond acceptors (Lipinski definition) is 4. The zero-order chi connectivity index (χ0) is 15.8.